The number of rotatable bonds is 8. The van der Waals surface area contributed by atoms with E-state index < -0.39 is 0 Å². The van der Waals surface area contributed by atoms with Crippen LogP contribution in [0.2, 0.25) is 0 Å². The van der Waals surface area contributed by atoms with Gasteiger partial charge in [-0.3, -0.25) is 9.59 Å². The summed E-state index contributed by atoms with van der Waals surface area (Å²) in [6.45, 7) is 7.97. The monoisotopic (exact) mass is 358 g/mol. The zero-order valence-corrected chi connectivity index (χ0v) is 15.7. The molecule has 2 rings (SSSR count). The number of hydrogen-bond acceptors (Lipinski definition) is 5. The summed E-state index contributed by atoms with van der Waals surface area (Å²) >= 11 is 0. The maximum absolute atomic E-state index is 11.8. The van der Waals surface area contributed by atoms with Gasteiger partial charge in [0.05, 0.1) is 6.54 Å². The van der Waals surface area contributed by atoms with Crippen molar-refractivity contribution in [2.24, 2.45) is 0 Å². The molecule has 0 aliphatic heterocycles. The summed E-state index contributed by atoms with van der Waals surface area (Å²) in [6, 6.07) is 8.07. The summed E-state index contributed by atoms with van der Waals surface area (Å²) in [5, 5.41) is 9.25. The van der Waals surface area contributed by atoms with Gasteiger partial charge in [-0.15, -0.1) is 0 Å². The van der Waals surface area contributed by atoms with Gasteiger partial charge >= 0.3 is 0 Å². The van der Waals surface area contributed by atoms with Crippen LogP contribution in [0.5, 0.6) is 0 Å². The van der Waals surface area contributed by atoms with Crippen LogP contribution < -0.4 is 10.6 Å². The smallest absolute Gasteiger partial charge is 0.239 e. The van der Waals surface area contributed by atoms with E-state index >= 15 is 0 Å². The van der Waals surface area contributed by atoms with Gasteiger partial charge in [0, 0.05) is 24.4 Å². The predicted octanol–water partition coefficient (Wildman–Crippen LogP) is 2.43. The average Bonchev–Trinajstić information content (AvgIpc) is 3.06. The summed E-state index contributed by atoms with van der Waals surface area (Å²) in [4.78, 5) is 27.6. The van der Waals surface area contributed by atoms with Gasteiger partial charge in [0.25, 0.3) is 0 Å². The zero-order valence-electron chi connectivity index (χ0n) is 15.7. The van der Waals surface area contributed by atoms with Gasteiger partial charge in [0.15, 0.2) is 0 Å². The molecule has 1 heterocycles. The van der Waals surface area contributed by atoms with Gasteiger partial charge in [-0.2, -0.15) is 4.98 Å². The van der Waals surface area contributed by atoms with Gasteiger partial charge < -0.3 is 15.2 Å². The van der Waals surface area contributed by atoms with E-state index in [0.29, 0.717) is 24.1 Å². The fraction of sp³-hybridized carbons (Fsp3) is 0.474. The highest BCUT2D eigenvalue weighted by Crippen LogP contribution is 2.20. The summed E-state index contributed by atoms with van der Waals surface area (Å²) in [6.07, 6.45) is 0.511. The Hall–Kier alpha value is -2.70. The average molecular weight is 358 g/mol. The van der Waals surface area contributed by atoms with Crippen molar-refractivity contribution >= 4 is 11.8 Å². The molecule has 2 amide bonds. The lowest BCUT2D eigenvalue weighted by atomic mass is 10.0. The van der Waals surface area contributed by atoms with Crippen LogP contribution in [0.1, 0.15) is 51.5 Å². The molecular formula is C19H26N4O3. The summed E-state index contributed by atoms with van der Waals surface area (Å²) in [7, 11) is 0. The molecule has 1 aromatic carbocycles. The first-order valence-corrected chi connectivity index (χ1v) is 8.84. The van der Waals surface area contributed by atoms with Crippen LogP contribution in [-0.4, -0.2) is 34.5 Å². The molecule has 0 saturated heterocycles. The maximum Gasteiger partial charge on any atom is 0.239 e. The summed E-state index contributed by atoms with van der Waals surface area (Å²) in [5.74, 6) is 0.927. The number of aromatic nitrogens is 2. The molecule has 0 aliphatic rings. The van der Waals surface area contributed by atoms with E-state index in [1.54, 1.807) is 0 Å². The molecule has 0 radical (unpaired) electrons. The molecule has 0 aliphatic carbocycles. The number of amides is 2. The number of carbonyl (C=O) groups excluding carboxylic acids is 2. The third-order valence-corrected chi connectivity index (χ3v) is 3.77. The second kappa shape index (κ2) is 9.12. The van der Waals surface area contributed by atoms with Crippen molar-refractivity contribution in [2.75, 3.05) is 6.54 Å². The van der Waals surface area contributed by atoms with Gasteiger partial charge in [0.2, 0.25) is 23.5 Å². The molecule has 2 aromatic rings. The quantitative estimate of drug-likeness (QED) is 0.755. The van der Waals surface area contributed by atoms with Gasteiger partial charge in [-0.25, -0.2) is 0 Å². The molecule has 2 N–H and O–H groups in total. The zero-order chi connectivity index (χ0) is 19.1. The lowest BCUT2D eigenvalue weighted by molar-refractivity contribution is -0.126. The molecule has 140 valence electrons. The number of nitrogens with one attached hydrogen (secondary N) is 2. The Labute approximate surface area is 153 Å². The Kier molecular flexibility index (Phi) is 6.89. The normalized spacial score (nSPS) is 11.0. The van der Waals surface area contributed by atoms with E-state index in [4.69, 9.17) is 4.52 Å². The fourth-order valence-electron chi connectivity index (χ4n) is 2.35. The van der Waals surface area contributed by atoms with Crippen molar-refractivity contribution in [2.45, 2.75) is 52.5 Å². The van der Waals surface area contributed by atoms with E-state index in [1.807, 2.05) is 38.1 Å². The molecule has 7 heteroatoms. The third-order valence-electron chi connectivity index (χ3n) is 3.77. The Bertz CT molecular complexity index is 735. The van der Waals surface area contributed by atoms with Gasteiger partial charge in [-0.05, 0) is 25.3 Å². The standard InChI is InChI=1S/C19H26N4O3/c1-12(2)14-5-7-15(8-6-14)19-22-18(26-23-19)10-9-16(24)20-11-17(25)21-13(3)4/h5-8,12-13H,9-11H2,1-4H3,(H,20,24)(H,21,25). The first kappa shape index (κ1) is 19.6. The highest BCUT2D eigenvalue weighted by molar-refractivity contribution is 5.84. The van der Waals surface area contributed by atoms with Gasteiger partial charge in [-0.1, -0.05) is 43.3 Å². The van der Waals surface area contributed by atoms with E-state index in [2.05, 4.69) is 34.6 Å². The molecular weight excluding hydrogens is 332 g/mol. The minimum Gasteiger partial charge on any atom is -0.352 e. The molecule has 0 atom stereocenters. The van der Waals surface area contributed by atoms with E-state index in [0.717, 1.165) is 5.56 Å². The maximum atomic E-state index is 11.8. The summed E-state index contributed by atoms with van der Waals surface area (Å²) in [5.41, 5.74) is 2.12. The minimum atomic E-state index is -0.232. The van der Waals surface area contributed by atoms with Crippen molar-refractivity contribution < 1.29 is 14.1 Å². The third kappa shape index (κ3) is 5.98. The number of hydrogen-bond donors (Lipinski definition) is 2. The van der Waals surface area contributed by atoms with Crippen molar-refractivity contribution in [1.82, 2.24) is 20.8 Å². The number of nitrogens with zero attached hydrogens (tertiary/aromatic N) is 2. The van der Waals surface area contributed by atoms with Crippen LogP contribution in [0.4, 0.5) is 0 Å². The highest BCUT2D eigenvalue weighted by Gasteiger charge is 2.12. The minimum absolute atomic E-state index is 0.0334. The lowest BCUT2D eigenvalue weighted by Gasteiger charge is -2.08. The molecule has 26 heavy (non-hydrogen) atoms. The molecule has 0 spiro atoms. The first-order chi connectivity index (χ1) is 12.3. The Morgan fingerprint density at radius 1 is 1.08 bits per heavy atom. The molecule has 1 aromatic heterocycles. The highest BCUT2D eigenvalue weighted by atomic mass is 16.5. The molecule has 0 unspecified atom stereocenters. The van der Waals surface area contributed by atoms with Crippen molar-refractivity contribution in [1.29, 1.82) is 0 Å². The predicted molar refractivity (Wildman–Crippen MR) is 98.4 cm³/mol. The van der Waals surface area contributed by atoms with Crippen molar-refractivity contribution in [3.63, 3.8) is 0 Å². The van der Waals surface area contributed by atoms with E-state index in [9.17, 15) is 9.59 Å². The van der Waals surface area contributed by atoms with Crippen LogP contribution in [0.15, 0.2) is 28.8 Å². The van der Waals surface area contributed by atoms with E-state index in [-0.39, 0.29) is 30.8 Å². The number of benzene rings is 1. The first-order valence-electron chi connectivity index (χ1n) is 8.84. The lowest BCUT2D eigenvalue weighted by Crippen LogP contribution is -2.39. The topological polar surface area (TPSA) is 97.1 Å². The van der Waals surface area contributed by atoms with Crippen LogP contribution in [0.3, 0.4) is 0 Å². The SMILES string of the molecule is CC(C)NC(=O)CNC(=O)CCc1nc(-c2ccc(C(C)C)cc2)no1. The van der Waals surface area contributed by atoms with Gasteiger partial charge in [0.1, 0.15) is 0 Å². The van der Waals surface area contributed by atoms with Crippen molar-refractivity contribution in [3.8, 4) is 11.4 Å². The Morgan fingerprint density at radius 3 is 2.38 bits per heavy atom. The second-order valence-electron chi connectivity index (χ2n) is 6.79. The number of aryl methyl sites for hydroxylation is 1. The summed E-state index contributed by atoms with van der Waals surface area (Å²) < 4.78 is 5.20. The molecule has 7 nitrogen and oxygen atoms in total. The Balaban J connectivity index is 1.82. The second-order valence-corrected chi connectivity index (χ2v) is 6.79. The van der Waals surface area contributed by atoms with Crippen LogP contribution >= 0.6 is 0 Å². The van der Waals surface area contributed by atoms with Crippen molar-refractivity contribution in [3.05, 3.63) is 35.7 Å². The van der Waals surface area contributed by atoms with Crippen LogP contribution in [-0.2, 0) is 16.0 Å². The van der Waals surface area contributed by atoms with E-state index in [1.165, 1.54) is 5.56 Å². The van der Waals surface area contributed by atoms with Crippen LogP contribution in [0, 0.1) is 0 Å². The molecule has 0 bridgehead atoms. The number of carbonyl (C=O) groups is 2. The Morgan fingerprint density at radius 2 is 1.77 bits per heavy atom. The van der Waals surface area contributed by atoms with Crippen LogP contribution in [0.25, 0.3) is 11.4 Å². The largest absolute Gasteiger partial charge is 0.352 e. The molecule has 0 saturated carbocycles. The fourth-order valence-corrected chi connectivity index (χ4v) is 2.35. The molecule has 0 fully saturated rings.